The molecule has 0 bridgehead atoms. The van der Waals surface area contributed by atoms with E-state index < -0.39 is 13.9 Å². The van der Waals surface area contributed by atoms with Crippen LogP contribution in [0.15, 0.2) is 12.2 Å². The Balaban J connectivity index is 4.15. The Kier molecular flexibility index (Phi) is 40.4. The maximum absolute atomic E-state index is 12.7. The molecule has 0 aliphatic rings. The number of nitrogens with zero attached hydrogens (tertiary/aromatic N) is 1. The minimum Gasteiger partial charge on any atom is -0.756 e. The van der Waals surface area contributed by atoms with Gasteiger partial charge in [-0.2, -0.15) is 0 Å². The number of esters is 1. The Labute approximate surface area is 348 Å². The van der Waals surface area contributed by atoms with E-state index in [4.69, 9.17) is 18.5 Å². The Hall–Kier alpha value is -0.760. The largest absolute Gasteiger partial charge is 0.756 e. The van der Waals surface area contributed by atoms with Gasteiger partial charge in [0.05, 0.1) is 34.4 Å². The highest BCUT2D eigenvalue weighted by atomic mass is 31.2. The monoisotopic (exact) mass is 816 g/mol. The van der Waals surface area contributed by atoms with Gasteiger partial charge in [0.15, 0.2) is 0 Å². The highest BCUT2D eigenvalue weighted by Crippen LogP contribution is 2.38. The summed E-state index contributed by atoms with van der Waals surface area (Å²) < 4.78 is 34.7. The van der Waals surface area contributed by atoms with E-state index in [1.165, 1.54) is 173 Å². The average Bonchev–Trinajstić information content (AvgIpc) is 3.15. The van der Waals surface area contributed by atoms with E-state index in [0.29, 0.717) is 24.1 Å². The molecule has 0 aromatic carbocycles. The van der Waals surface area contributed by atoms with E-state index in [0.717, 1.165) is 32.1 Å². The Morgan fingerprint density at radius 1 is 0.536 bits per heavy atom. The molecule has 0 spiro atoms. The fourth-order valence-corrected chi connectivity index (χ4v) is 7.57. The van der Waals surface area contributed by atoms with Crippen molar-refractivity contribution in [2.45, 2.75) is 232 Å². The number of phosphoric acid groups is 1. The lowest BCUT2D eigenvalue weighted by atomic mass is 10.0. The molecule has 0 saturated heterocycles. The molecule has 0 aromatic rings. The number of quaternary nitrogens is 1. The molecule has 0 heterocycles. The fourth-order valence-electron chi connectivity index (χ4n) is 6.84. The number of carbonyl (C=O) groups is 1. The van der Waals surface area contributed by atoms with Crippen molar-refractivity contribution in [1.82, 2.24) is 0 Å². The molecular weight excluding hydrogens is 721 g/mol. The number of hydrogen-bond donors (Lipinski definition) is 0. The van der Waals surface area contributed by atoms with Gasteiger partial charge in [-0.1, -0.05) is 193 Å². The summed E-state index contributed by atoms with van der Waals surface area (Å²) >= 11 is 0. The highest BCUT2D eigenvalue weighted by Gasteiger charge is 2.20. The van der Waals surface area contributed by atoms with Crippen LogP contribution in [0.2, 0.25) is 0 Å². The van der Waals surface area contributed by atoms with Gasteiger partial charge in [0.1, 0.15) is 19.3 Å². The zero-order valence-electron chi connectivity index (χ0n) is 37.9. The van der Waals surface area contributed by atoms with Crippen LogP contribution in [0, 0.1) is 0 Å². The molecule has 0 aromatic heterocycles. The van der Waals surface area contributed by atoms with Crippen LogP contribution in [0.3, 0.4) is 0 Å². The van der Waals surface area contributed by atoms with Gasteiger partial charge in [-0.3, -0.25) is 9.36 Å². The summed E-state index contributed by atoms with van der Waals surface area (Å²) in [4.78, 5) is 25.1. The minimum atomic E-state index is -4.52. The first-order valence-corrected chi connectivity index (χ1v) is 25.4. The van der Waals surface area contributed by atoms with E-state index >= 15 is 0 Å². The molecule has 0 N–H and O–H groups in total. The first-order chi connectivity index (χ1) is 27.1. The average molecular weight is 816 g/mol. The van der Waals surface area contributed by atoms with Crippen LogP contribution < -0.4 is 4.89 Å². The number of rotatable bonds is 45. The maximum Gasteiger partial charge on any atom is 0.306 e. The number of hydrogen-bond acceptors (Lipinski definition) is 7. The van der Waals surface area contributed by atoms with Crippen LogP contribution in [-0.2, 0) is 27.9 Å². The fraction of sp³-hybridized carbons (Fsp3) is 0.936. The van der Waals surface area contributed by atoms with E-state index in [1.54, 1.807) is 0 Å². The summed E-state index contributed by atoms with van der Waals surface area (Å²) in [7, 11) is 1.37. The summed E-state index contributed by atoms with van der Waals surface area (Å²) in [6.45, 7) is 5.45. The molecule has 2 unspecified atom stereocenters. The van der Waals surface area contributed by atoms with Gasteiger partial charge in [-0.15, -0.1) is 0 Å². The number of likely N-dealkylation sites (N-methyl/N-ethyl adjacent to an activating group) is 1. The van der Waals surface area contributed by atoms with Gasteiger partial charge < -0.3 is 27.9 Å². The number of carbonyl (C=O) groups excluding carboxylic acids is 1. The van der Waals surface area contributed by atoms with Crippen LogP contribution in [0.1, 0.15) is 226 Å². The first-order valence-electron chi connectivity index (χ1n) is 23.9. The zero-order chi connectivity index (χ0) is 41.3. The number of unbranched alkanes of at least 4 members (excludes halogenated alkanes) is 29. The van der Waals surface area contributed by atoms with Gasteiger partial charge in [0.2, 0.25) is 0 Å². The molecule has 0 rings (SSSR count). The van der Waals surface area contributed by atoms with Crippen molar-refractivity contribution in [3.05, 3.63) is 12.2 Å². The van der Waals surface area contributed by atoms with Crippen molar-refractivity contribution >= 4 is 13.8 Å². The standard InChI is InChI=1S/C47H94NO7P/c1-6-8-10-12-14-16-18-20-22-23-24-25-27-29-31-33-35-37-39-42-52-44-46(45-54-56(50,51)53-43-41-48(3,4)5)55-47(49)40-38-36-34-32-30-28-26-21-19-17-15-13-11-9-7-2/h22-23,46H,6-21,24-45H2,1-5H3/b23-22-. The van der Waals surface area contributed by atoms with Gasteiger partial charge >= 0.3 is 5.97 Å². The van der Waals surface area contributed by atoms with Crippen molar-refractivity contribution in [2.24, 2.45) is 0 Å². The highest BCUT2D eigenvalue weighted by molar-refractivity contribution is 7.45. The molecule has 9 heteroatoms. The van der Waals surface area contributed by atoms with Crippen molar-refractivity contribution in [2.75, 3.05) is 54.1 Å². The normalized spacial score (nSPS) is 13.8. The molecular formula is C47H94NO7P. The van der Waals surface area contributed by atoms with E-state index in [9.17, 15) is 14.3 Å². The molecule has 334 valence electrons. The summed E-state index contributed by atoms with van der Waals surface area (Å²) in [6.07, 6.45) is 45.1. The smallest absolute Gasteiger partial charge is 0.306 e. The van der Waals surface area contributed by atoms with Crippen LogP contribution >= 0.6 is 7.82 Å². The molecule has 0 saturated carbocycles. The molecule has 0 amide bonds. The summed E-state index contributed by atoms with van der Waals surface area (Å²) in [6, 6.07) is 0. The predicted octanol–water partition coefficient (Wildman–Crippen LogP) is 13.6. The molecule has 8 nitrogen and oxygen atoms in total. The van der Waals surface area contributed by atoms with Gasteiger partial charge in [0.25, 0.3) is 7.82 Å². The molecule has 0 aliphatic heterocycles. The Bertz CT molecular complexity index is 909. The SMILES string of the molecule is CCCCCCCCC/C=C\CCCCCCCCCCOCC(COP(=O)([O-])OCC[N+](C)(C)C)OC(=O)CCCCCCCCCCCCCCCCC. The molecule has 0 aliphatic carbocycles. The second-order valence-corrected chi connectivity index (χ2v) is 18.9. The second kappa shape index (κ2) is 41.0. The predicted molar refractivity (Wildman–Crippen MR) is 236 cm³/mol. The van der Waals surface area contributed by atoms with Crippen molar-refractivity contribution in [1.29, 1.82) is 0 Å². The van der Waals surface area contributed by atoms with E-state index in [2.05, 4.69) is 26.0 Å². The quantitative estimate of drug-likeness (QED) is 0.0199. The summed E-state index contributed by atoms with van der Waals surface area (Å²) in [5, 5.41) is 0. The van der Waals surface area contributed by atoms with E-state index in [-0.39, 0.29) is 25.8 Å². The number of ether oxygens (including phenoxy) is 2. The van der Waals surface area contributed by atoms with Crippen molar-refractivity contribution in [3.8, 4) is 0 Å². The van der Waals surface area contributed by atoms with Gasteiger partial charge in [-0.05, 0) is 38.5 Å². The number of allylic oxidation sites excluding steroid dienone is 2. The third-order valence-electron chi connectivity index (χ3n) is 10.6. The second-order valence-electron chi connectivity index (χ2n) is 17.5. The topological polar surface area (TPSA) is 94.1 Å². The third kappa shape index (κ3) is 44.3. The van der Waals surface area contributed by atoms with Crippen LogP contribution in [0.4, 0.5) is 0 Å². The summed E-state index contributed by atoms with van der Waals surface area (Å²) in [5.74, 6) is -0.330. The zero-order valence-corrected chi connectivity index (χ0v) is 38.7. The van der Waals surface area contributed by atoms with Crippen LogP contribution in [-0.4, -0.2) is 70.7 Å². The van der Waals surface area contributed by atoms with Gasteiger partial charge in [0, 0.05) is 13.0 Å². The van der Waals surface area contributed by atoms with Gasteiger partial charge in [-0.25, -0.2) is 0 Å². The first kappa shape index (κ1) is 55.2. The molecule has 0 fully saturated rings. The molecule has 0 radical (unpaired) electrons. The van der Waals surface area contributed by atoms with Crippen LogP contribution in [0.5, 0.6) is 0 Å². The molecule has 56 heavy (non-hydrogen) atoms. The minimum absolute atomic E-state index is 0.0289. The van der Waals surface area contributed by atoms with Crippen molar-refractivity contribution in [3.63, 3.8) is 0 Å². The Morgan fingerprint density at radius 3 is 1.36 bits per heavy atom. The lowest BCUT2D eigenvalue weighted by Gasteiger charge is -2.28. The maximum atomic E-state index is 12.7. The van der Waals surface area contributed by atoms with Crippen molar-refractivity contribution < 1.29 is 37.3 Å². The lowest BCUT2D eigenvalue weighted by Crippen LogP contribution is -2.37. The van der Waals surface area contributed by atoms with E-state index in [1.807, 2.05) is 21.1 Å². The third-order valence-corrected chi connectivity index (χ3v) is 11.5. The number of phosphoric ester groups is 1. The van der Waals surface area contributed by atoms with Crippen LogP contribution in [0.25, 0.3) is 0 Å². The lowest BCUT2D eigenvalue weighted by molar-refractivity contribution is -0.870. The Morgan fingerprint density at radius 2 is 0.929 bits per heavy atom. The summed E-state index contributed by atoms with van der Waals surface area (Å²) in [5.41, 5.74) is 0. The molecule has 2 atom stereocenters.